The maximum Gasteiger partial charge on any atom is 0.286 e. The summed E-state index contributed by atoms with van der Waals surface area (Å²) in [6.45, 7) is 0. The molecular formula is C20H18ClN3O2S. The summed E-state index contributed by atoms with van der Waals surface area (Å²) in [5.41, 5.74) is 7.36. The van der Waals surface area contributed by atoms with Crippen LogP contribution in [0.25, 0.3) is 0 Å². The number of rotatable bonds is 6. The molecule has 3 aromatic rings. The highest BCUT2D eigenvalue weighted by molar-refractivity contribution is 8.00. The van der Waals surface area contributed by atoms with Gasteiger partial charge >= 0.3 is 0 Å². The van der Waals surface area contributed by atoms with Crippen LogP contribution in [0.15, 0.2) is 72.9 Å². The summed E-state index contributed by atoms with van der Waals surface area (Å²) >= 11 is 7.47. The lowest BCUT2D eigenvalue weighted by molar-refractivity contribution is -0.119. The van der Waals surface area contributed by atoms with Gasteiger partial charge in [0.15, 0.2) is 0 Å². The lowest BCUT2D eigenvalue weighted by Gasteiger charge is -2.18. The van der Waals surface area contributed by atoms with Crippen LogP contribution in [0, 0.1) is 0 Å². The van der Waals surface area contributed by atoms with Crippen LogP contribution < -0.4 is 10.9 Å². The first-order chi connectivity index (χ1) is 13.1. The Kier molecular flexibility index (Phi) is 6.57. The van der Waals surface area contributed by atoms with Gasteiger partial charge in [0.05, 0.1) is 11.0 Å². The highest BCUT2D eigenvalue weighted by Crippen LogP contribution is 2.35. The molecule has 0 spiro atoms. The van der Waals surface area contributed by atoms with Crippen LogP contribution in [-0.4, -0.2) is 22.6 Å². The summed E-state index contributed by atoms with van der Waals surface area (Å²) in [6, 6.07) is 20.9. The minimum absolute atomic E-state index is 0.0201. The third-order valence-corrected chi connectivity index (χ3v) is 5.37. The number of aromatic nitrogens is 1. The Morgan fingerprint density at radius 3 is 2.30 bits per heavy atom. The van der Waals surface area contributed by atoms with Crippen molar-refractivity contribution in [2.45, 2.75) is 5.25 Å². The highest BCUT2D eigenvalue weighted by atomic mass is 35.5. The van der Waals surface area contributed by atoms with Crippen molar-refractivity contribution in [3.8, 4) is 0 Å². The number of hydrogen-bond acceptors (Lipinski definition) is 3. The van der Waals surface area contributed by atoms with E-state index >= 15 is 0 Å². The van der Waals surface area contributed by atoms with Gasteiger partial charge in [0, 0.05) is 11.2 Å². The predicted octanol–water partition coefficient (Wildman–Crippen LogP) is 3.95. The van der Waals surface area contributed by atoms with Crippen LogP contribution in [0.2, 0.25) is 5.02 Å². The second-order valence-electron chi connectivity index (χ2n) is 5.74. The average Bonchev–Trinajstić information content (AvgIpc) is 3.23. The third-order valence-electron chi connectivity index (χ3n) is 3.81. The monoisotopic (exact) mass is 399 g/mol. The summed E-state index contributed by atoms with van der Waals surface area (Å²) in [5.74, 6) is -0.488. The van der Waals surface area contributed by atoms with Crippen LogP contribution >= 0.6 is 23.4 Å². The molecule has 0 bridgehead atoms. The summed E-state index contributed by atoms with van der Waals surface area (Å²) in [6.07, 6.45) is 1.64. The molecule has 0 unspecified atom stereocenters. The first kappa shape index (κ1) is 19.1. The maximum absolute atomic E-state index is 12.2. The minimum atomic E-state index is -0.393. The van der Waals surface area contributed by atoms with Crippen molar-refractivity contribution in [1.29, 1.82) is 0 Å². The molecule has 0 aliphatic rings. The fraction of sp³-hybridized carbons (Fsp3) is 0.100. The van der Waals surface area contributed by atoms with E-state index in [-0.39, 0.29) is 16.9 Å². The lowest BCUT2D eigenvalue weighted by Crippen LogP contribution is -2.42. The number of nitrogens with one attached hydrogen (secondary N) is 3. The molecule has 1 aromatic heterocycles. The van der Waals surface area contributed by atoms with Crippen molar-refractivity contribution in [2.75, 3.05) is 5.75 Å². The quantitative estimate of drug-likeness (QED) is 0.549. The van der Waals surface area contributed by atoms with Crippen molar-refractivity contribution in [3.05, 3.63) is 94.8 Å². The van der Waals surface area contributed by atoms with Crippen LogP contribution in [0.5, 0.6) is 0 Å². The van der Waals surface area contributed by atoms with E-state index in [4.69, 9.17) is 11.6 Å². The van der Waals surface area contributed by atoms with E-state index < -0.39 is 5.91 Å². The van der Waals surface area contributed by atoms with Crippen molar-refractivity contribution < 1.29 is 9.59 Å². The zero-order chi connectivity index (χ0) is 19.1. The van der Waals surface area contributed by atoms with E-state index in [9.17, 15) is 9.59 Å². The maximum atomic E-state index is 12.2. The van der Waals surface area contributed by atoms with Gasteiger partial charge in [-0.25, -0.2) is 0 Å². The van der Waals surface area contributed by atoms with Gasteiger partial charge in [0.1, 0.15) is 5.69 Å². The number of benzene rings is 2. The minimum Gasteiger partial charge on any atom is -0.357 e. The summed E-state index contributed by atoms with van der Waals surface area (Å²) in [4.78, 5) is 26.8. The van der Waals surface area contributed by atoms with E-state index in [0.29, 0.717) is 10.7 Å². The second-order valence-corrected chi connectivity index (χ2v) is 7.27. The first-order valence-corrected chi connectivity index (χ1v) is 9.71. The zero-order valence-corrected chi connectivity index (χ0v) is 15.9. The standard InChI is InChI=1S/C20H18ClN3O2S/c21-16-10-8-15(9-11-16)19(14-5-2-1-3-6-14)27-13-18(25)23-24-20(26)17-7-4-12-22-17/h1-12,19,22H,13H2,(H,23,25)(H,24,26)/t19-/m1/s1. The van der Waals surface area contributed by atoms with E-state index in [2.05, 4.69) is 15.8 Å². The fourth-order valence-corrected chi connectivity index (χ4v) is 3.73. The molecule has 1 heterocycles. The number of carbonyl (C=O) groups is 2. The Bertz CT molecular complexity index is 883. The number of H-pyrrole nitrogens is 1. The molecule has 2 amide bonds. The number of aromatic amines is 1. The molecule has 7 heteroatoms. The van der Waals surface area contributed by atoms with Gasteiger partial charge in [0.25, 0.3) is 5.91 Å². The van der Waals surface area contributed by atoms with Gasteiger partial charge in [0.2, 0.25) is 5.91 Å². The lowest BCUT2D eigenvalue weighted by atomic mass is 10.0. The van der Waals surface area contributed by atoms with E-state index in [1.54, 1.807) is 18.3 Å². The van der Waals surface area contributed by atoms with Crippen molar-refractivity contribution in [3.63, 3.8) is 0 Å². The smallest absolute Gasteiger partial charge is 0.286 e. The van der Waals surface area contributed by atoms with Crippen LogP contribution in [0.1, 0.15) is 26.9 Å². The van der Waals surface area contributed by atoms with Gasteiger partial charge in [-0.2, -0.15) is 0 Å². The molecule has 0 saturated carbocycles. The number of amides is 2. The molecular weight excluding hydrogens is 382 g/mol. The predicted molar refractivity (Wildman–Crippen MR) is 109 cm³/mol. The third kappa shape index (κ3) is 5.39. The van der Waals surface area contributed by atoms with Crippen molar-refractivity contribution >= 4 is 35.2 Å². The molecule has 5 nitrogen and oxygen atoms in total. The topological polar surface area (TPSA) is 74.0 Å². The summed E-state index contributed by atoms with van der Waals surface area (Å²) < 4.78 is 0. The number of hydrazine groups is 1. The Morgan fingerprint density at radius 2 is 1.63 bits per heavy atom. The molecule has 0 radical (unpaired) electrons. The highest BCUT2D eigenvalue weighted by Gasteiger charge is 2.17. The summed E-state index contributed by atoms with van der Waals surface area (Å²) in [7, 11) is 0. The molecule has 3 rings (SSSR count). The summed E-state index contributed by atoms with van der Waals surface area (Å²) in [5, 5.41) is 0.647. The fourth-order valence-electron chi connectivity index (χ4n) is 2.51. The Morgan fingerprint density at radius 1 is 0.926 bits per heavy atom. The molecule has 0 fully saturated rings. The molecule has 27 heavy (non-hydrogen) atoms. The molecule has 2 aromatic carbocycles. The van der Waals surface area contributed by atoms with Gasteiger partial charge < -0.3 is 4.98 Å². The first-order valence-electron chi connectivity index (χ1n) is 8.28. The van der Waals surface area contributed by atoms with Crippen LogP contribution in [-0.2, 0) is 4.79 Å². The Hall–Kier alpha value is -2.70. The SMILES string of the molecule is O=C(CS[C@H](c1ccccc1)c1ccc(Cl)cc1)NNC(=O)c1ccc[nH]1. The van der Waals surface area contributed by atoms with Gasteiger partial charge in [-0.05, 0) is 35.4 Å². The van der Waals surface area contributed by atoms with E-state index in [1.165, 1.54) is 11.8 Å². The molecule has 0 saturated heterocycles. The van der Waals surface area contributed by atoms with Gasteiger partial charge in [-0.15, -0.1) is 11.8 Å². The average molecular weight is 400 g/mol. The number of halogens is 1. The largest absolute Gasteiger partial charge is 0.357 e. The van der Waals surface area contributed by atoms with Crippen molar-refractivity contribution in [2.24, 2.45) is 0 Å². The second kappa shape index (κ2) is 9.30. The van der Waals surface area contributed by atoms with Gasteiger partial charge in [-0.3, -0.25) is 20.4 Å². The molecule has 0 aliphatic heterocycles. The van der Waals surface area contributed by atoms with Crippen molar-refractivity contribution in [1.82, 2.24) is 15.8 Å². The van der Waals surface area contributed by atoms with Gasteiger partial charge in [-0.1, -0.05) is 54.1 Å². The number of thioether (sulfide) groups is 1. The van der Waals surface area contributed by atoms with Crippen LogP contribution in [0.3, 0.4) is 0 Å². The molecule has 0 aliphatic carbocycles. The molecule has 1 atom stereocenters. The number of carbonyl (C=O) groups excluding carboxylic acids is 2. The Balaban J connectivity index is 1.61. The van der Waals surface area contributed by atoms with E-state index in [0.717, 1.165) is 11.1 Å². The number of hydrogen-bond donors (Lipinski definition) is 3. The van der Waals surface area contributed by atoms with E-state index in [1.807, 2.05) is 54.6 Å². The zero-order valence-electron chi connectivity index (χ0n) is 14.3. The normalized spacial score (nSPS) is 11.6. The Labute approximate surface area is 166 Å². The van der Waals surface area contributed by atoms with Crippen LogP contribution in [0.4, 0.5) is 0 Å². The molecule has 3 N–H and O–H groups in total. The molecule has 138 valence electrons.